The van der Waals surface area contributed by atoms with Crippen molar-refractivity contribution in [2.45, 2.75) is 52.6 Å². The molecule has 122 valence electrons. The predicted molar refractivity (Wildman–Crippen MR) is 94.6 cm³/mol. The van der Waals surface area contributed by atoms with Crippen molar-refractivity contribution in [1.82, 2.24) is 15.2 Å². The van der Waals surface area contributed by atoms with Crippen LogP contribution in [-0.4, -0.2) is 49.7 Å². The van der Waals surface area contributed by atoms with Crippen LogP contribution in [0.4, 0.5) is 5.13 Å². The first-order valence-corrected chi connectivity index (χ1v) is 8.52. The van der Waals surface area contributed by atoms with Crippen LogP contribution in [0.1, 0.15) is 51.1 Å². The van der Waals surface area contributed by atoms with E-state index in [0.717, 1.165) is 24.8 Å². The first-order valence-electron chi connectivity index (χ1n) is 7.70. The van der Waals surface area contributed by atoms with E-state index in [0.29, 0.717) is 5.92 Å². The molecule has 1 aromatic heterocycles. The van der Waals surface area contributed by atoms with Crippen molar-refractivity contribution in [3.63, 3.8) is 0 Å². The quantitative estimate of drug-likeness (QED) is 0.838. The van der Waals surface area contributed by atoms with Gasteiger partial charge in [-0.05, 0) is 40.8 Å². The first-order chi connectivity index (χ1) is 9.60. The van der Waals surface area contributed by atoms with Gasteiger partial charge in [0.2, 0.25) is 0 Å². The maximum Gasteiger partial charge on any atom is 0.185 e. The Morgan fingerprint density at radius 2 is 1.76 bits per heavy atom. The lowest BCUT2D eigenvalue weighted by molar-refractivity contribution is 0.416. The largest absolute Gasteiger partial charge is 0.350 e. The van der Waals surface area contributed by atoms with Gasteiger partial charge >= 0.3 is 0 Å². The number of hydrogen-bond acceptors (Lipinski definition) is 5. The van der Waals surface area contributed by atoms with Crippen molar-refractivity contribution >= 4 is 16.5 Å². The molecule has 0 bridgehead atoms. The third kappa shape index (κ3) is 6.32. The Hall–Kier alpha value is -0.650. The van der Waals surface area contributed by atoms with E-state index < -0.39 is 0 Å². The van der Waals surface area contributed by atoms with Gasteiger partial charge in [0.05, 0.1) is 5.69 Å². The van der Waals surface area contributed by atoms with E-state index in [1.54, 1.807) is 0 Å². The number of likely N-dealkylation sites (N-methyl/N-ethyl adjacent to an activating group) is 2. The van der Waals surface area contributed by atoms with Crippen LogP contribution in [0.25, 0.3) is 0 Å². The molecule has 0 amide bonds. The molecule has 0 fully saturated rings. The van der Waals surface area contributed by atoms with Crippen molar-refractivity contribution in [1.29, 1.82) is 0 Å². The van der Waals surface area contributed by atoms with E-state index in [1.165, 1.54) is 10.6 Å². The summed E-state index contributed by atoms with van der Waals surface area (Å²) in [5.74, 6) is 0.467. The van der Waals surface area contributed by atoms with Crippen LogP contribution in [0.2, 0.25) is 0 Å². The molecule has 0 radical (unpaired) electrons. The molecule has 0 spiro atoms. The summed E-state index contributed by atoms with van der Waals surface area (Å²) in [5.41, 5.74) is 1.37. The SMILES string of the molecule is CC(C)c1nc(N(C)CCN(C)C)sc1CNC(C)(C)C. The summed E-state index contributed by atoms with van der Waals surface area (Å²) in [6, 6.07) is 0. The highest BCUT2D eigenvalue weighted by Crippen LogP contribution is 2.30. The third-order valence-electron chi connectivity index (χ3n) is 3.25. The van der Waals surface area contributed by atoms with E-state index in [2.05, 4.69) is 70.9 Å². The Kier molecular flexibility index (Phi) is 6.63. The van der Waals surface area contributed by atoms with Crippen LogP contribution in [0, 0.1) is 0 Å². The zero-order valence-corrected chi connectivity index (χ0v) is 15.8. The molecule has 5 heteroatoms. The van der Waals surface area contributed by atoms with Gasteiger partial charge < -0.3 is 15.1 Å². The molecule has 4 nitrogen and oxygen atoms in total. The predicted octanol–water partition coefficient (Wildman–Crippen LogP) is 3.15. The summed E-state index contributed by atoms with van der Waals surface area (Å²) < 4.78 is 0. The Balaban J connectivity index is 2.83. The molecular formula is C16H32N4S. The summed E-state index contributed by atoms with van der Waals surface area (Å²) in [5, 5.41) is 4.71. The zero-order chi connectivity index (χ0) is 16.2. The van der Waals surface area contributed by atoms with Gasteiger partial charge in [-0.2, -0.15) is 0 Å². The van der Waals surface area contributed by atoms with Crippen LogP contribution in [-0.2, 0) is 6.54 Å². The summed E-state index contributed by atoms with van der Waals surface area (Å²) in [4.78, 5) is 10.7. The van der Waals surface area contributed by atoms with Crippen molar-refractivity contribution in [2.75, 3.05) is 39.1 Å². The molecule has 0 unspecified atom stereocenters. The number of thiazole rings is 1. The molecule has 1 heterocycles. The lowest BCUT2D eigenvalue weighted by Gasteiger charge is -2.20. The molecule has 0 aliphatic carbocycles. The highest BCUT2D eigenvalue weighted by molar-refractivity contribution is 7.15. The van der Waals surface area contributed by atoms with Crippen LogP contribution in [0.5, 0.6) is 0 Å². The van der Waals surface area contributed by atoms with Crippen molar-refractivity contribution in [3.8, 4) is 0 Å². The molecule has 1 rings (SSSR count). The Labute approximate surface area is 134 Å². The second-order valence-corrected chi connectivity index (χ2v) is 8.35. The highest BCUT2D eigenvalue weighted by Gasteiger charge is 2.18. The molecule has 0 aliphatic heterocycles. The fourth-order valence-electron chi connectivity index (χ4n) is 1.88. The molecule has 0 aromatic carbocycles. The van der Waals surface area contributed by atoms with Gasteiger partial charge in [0, 0.05) is 37.1 Å². The van der Waals surface area contributed by atoms with E-state index >= 15 is 0 Å². The first kappa shape index (κ1) is 18.4. The third-order valence-corrected chi connectivity index (χ3v) is 4.44. The second-order valence-electron chi connectivity index (χ2n) is 7.29. The van der Waals surface area contributed by atoms with E-state index in [-0.39, 0.29) is 5.54 Å². The maximum absolute atomic E-state index is 4.87. The zero-order valence-electron chi connectivity index (χ0n) is 14.9. The number of aromatic nitrogens is 1. The standard InChI is InChI=1S/C16H32N4S/c1-12(2)14-13(11-17-16(3,4)5)21-15(18-14)20(8)10-9-19(6)7/h12,17H,9-11H2,1-8H3. The van der Waals surface area contributed by atoms with E-state index in [4.69, 9.17) is 4.98 Å². The molecule has 0 saturated heterocycles. The monoisotopic (exact) mass is 312 g/mol. The van der Waals surface area contributed by atoms with Crippen LogP contribution in [0.15, 0.2) is 0 Å². The number of nitrogens with one attached hydrogen (secondary N) is 1. The fraction of sp³-hybridized carbons (Fsp3) is 0.812. The van der Waals surface area contributed by atoms with Gasteiger partial charge in [0.1, 0.15) is 0 Å². The average molecular weight is 313 g/mol. The minimum atomic E-state index is 0.134. The lowest BCUT2D eigenvalue weighted by atomic mass is 10.1. The summed E-state index contributed by atoms with van der Waals surface area (Å²) in [7, 11) is 6.34. The van der Waals surface area contributed by atoms with Gasteiger partial charge in [-0.15, -0.1) is 11.3 Å². The Morgan fingerprint density at radius 3 is 2.24 bits per heavy atom. The Morgan fingerprint density at radius 1 is 1.14 bits per heavy atom. The van der Waals surface area contributed by atoms with Gasteiger partial charge in [-0.25, -0.2) is 4.98 Å². The summed E-state index contributed by atoms with van der Waals surface area (Å²) in [6.45, 7) is 14.0. The molecular weight excluding hydrogens is 280 g/mol. The van der Waals surface area contributed by atoms with Gasteiger partial charge in [0.15, 0.2) is 5.13 Å². The molecule has 0 saturated carbocycles. The Bertz CT molecular complexity index is 432. The minimum Gasteiger partial charge on any atom is -0.350 e. The number of nitrogens with zero attached hydrogens (tertiary/aromatic N) is 3. The van der Waals surface area contributed by atoms with Gasteiger partial charge in [0.25, 0.3) is 0 Å². The molecule has 1 N–H and O–H groups in total. The topological polar surface area (TPSA) is 31.4 Å². The van der Waals surface area contributed by atoms with Crippen molar-refractivity contribution in [3.05, 3.63) is 10.6 Å². The number of hydrogen-bond donors (Lipinski definition) is 1. The van der Waals surface area contributed by atoms with Gasteiger partial charge in [-0.1, -0.05) is 13.8 Å². The maximum atomic E-state index is 4.87. The fourth-order valence-corrected chi connectivity index (χ4v) is 3.02. The smallest absolute Gasteiger partial charge is 0.185 e. The molecule has 1 aromatic rings. The second kappa shape index (κ2) is 7.56. The molecule has 21 heavy (non-hydrogen) atoms. The highest BCUT2D eigenvalue weighted by atomic mass is 32.1. The number of anilines is 1. The van der Waals surface area contributed by atoms with E-state index in [1.807, 2.05) is 11.3 Å². The summed E-state index contributed by atoms with van der Waals surface area (Å²) in [6.07, 6.45) is 0. The normalized spacial score (nSPS) is 12.5. The number of rotatable bonds is 7. The molecule has 0 aliphatic rings. The van der Waals surface area contributed by atoms with Crippen molar-refractivity contribution < 1.29 is 0 Å². The summed E-state index contributed by atoms with van der Waals surface area (Å²) >= 11 is 1.82. The van der Waals surface area contributed by atoms with Gasteiger partial charge in [-0.3, -0.25) is 0 Å². The van der Waals surface area contributed by atoms with E-state index in [9.17, 15) is 0 Å². The van der Waals surface area contributed by atoms with Crippen LogP contribution in [0.3, 0.4) is 0 Å². The van der Waals surface area contributed by atoms with Crippen LogP contribution >= 0.6 is 11.3 Å². The average Bonchev–Trinajstić information content (AvgIpc) is 2.77. The molecule has 0 atom stereocenters. The lowest BCUT2D eigenvalue weighted by Crippen LogP contribution is -2.35. The minimum absolute atomic E-state index is 0.134. The van der Waals surface area contributed by atoms with Crippen LogP contribution < -0.4 is 10.2 Å². The van der Waals surface area contributed by atoms with Crippen molar-refractivity contribution in [2.24, 2.45) is 0 Å².